The third-order valence-corrected chi connectivity index (χ3v) is 5.37. The Morgan fingerprint density at radius 3 is 2.62 bits per heavy atom. The fourth-order valence-corrected chi connectivity index (χ4v) is 3.74. The van der Waals surface area contributed by atoms with E-state index in [4.69, 9.17) is 11.6 Å². The molecular formula is C24H22ClN3O. The van der Waals surface area contributed by atoms with Crippen LogP contribution in [0.2, 0.25) is 5.02 Å². The minimum atomic E-state index is 0.0316. The van der Waals surface area contributed by atoms with Crippen molar-refractivity contribution in [3.63, 3.8) is 0 Å². The fourth-order valence-electron chi connectivity index (χ4n) is 3.54. The molecule has 2 aromatic carbocycles. The molecule has 0 saturated heterocycles. The lowest BCUT2D eigenvalue weighted by Crippen LogP contribution is -2.22. The van der Waals surface area contributed by atoms with Crippen LogP contribution in [0.4, 0.5) is 0 Å². The van der Waals surface area contributed by atoms with Crippen molar-refractivity contribution in [3.8, 4) is 11.4 Å². The number of nitrogens with one attached hydrogen (secondary N) is 2. The molecule has 0 fully saturated rings. The van der Waals surface area contributed by atoms with Crippen molar-refractivity contribution in [1.82, 2.24) is 15.3 Å². The van der Waals surface area contributed by atoms with Gasteiger partial charge in [-0.05, 0) is 48.2 Å². The van der Waals surface area contributed by atoms with Gasteiger partial charge in [0.2, 0.25) is 5.91 Å². The number of aromatic amines is 1. The highest BCUT2D eigenvalue weighted by atomic mass is 35.5. The van der Waals surface area contributed by atoms with Crippen LogP contribution in [0, 0.1) is 0 Å². The Hall–Kier alpha value is -3.11. The normalized spacial score (nSPS) is 10.9. The monoisotopic (exact) mass is 403 g/mol. The molecule has 1 amide bonds. The van der Waals surface area contributed by atoms with E-state index < -0.39 is 0 Å². The maximum Gasteiger partial charge on any atom is 0.220 e. The van der Waals surface area contributed by atoms with Crippen LogP contribution >= 0.6 is 11.6 Å². The molecule has 4 rings (SSSR count). The first kappa shape index (κ1) is 19.2. The number of aryl methyl sites for hydroxylation is 1. The summed E-state index contributed by atoms with van der Waals surface area (Å²) in [6.45, 7) is 0.449. The average molecular weight is 404 g/mol. The molecule has 4 nitrogen and oxygen atoms in total. The number of benzene rings is 2. The predicted octanol–water partition coefficient (Wildman–Crippen LogP) is 5.52. The van der Waals surface area contributed by atoms with Gasteiger partial charge in [0, 0.05) is 35.1 Å². The van der Waals surface area contributed by atoms with Gasteiger partial charge in [0.1, 0.15) is 0 Å². The number of H-pyrrole nitrogens is 1. The van der Waals surface area contributed by atoms with Crippen LogP contribution in [0.1, 0.15) is 24.0 Å². The fraction of sp³-hybridized carbons (Fsp3) is 0.167. The van der Waals surface area contributed by atoms with E-state index in [0.29, 0.717) is 18.0 Å². The summed E-state index contributed by atoms with van der Waals surface area (Å²) in [5, 5.41) is 4.82. The summed E-state index contributed by atoms with van der Waals surface area (Å²) in [5.74, 6) is 0.0316. The number of aromatic nitrogens is 2. The summed E-state index contributed by atoms with van der Waals surface area (Å²) in [4.78, 5) is 20.3. The van der Waals surface area contributed by atoms with Crippen LogP contribution in [0.15, 0.2) is 72.9 Å². The average Bonchev–Trinajstić information content (AvgIpc) is 3.12. The predicted molar refractivity (Wildman–Crippen MR) is 118 cm³/mol. The highest BCUT2D eigenvalue weighted by Crippen LogP contribution is 2.30. The highest BCUT2D eigenvalue weighted by molar-refractivity contribution is 6.31. The number of para-hydroxylation sites is 1. The second kappa shape index (κ2) is 8.93. The Balaban J connectivity index is 1.43. The molecule has 5 heteroatoms. The first-order valence-electron chi connectivity index (χ1n) is 9.73. The minimum absolute atomic E-state index is 0.0316. The number of hydrogen-bond acceptors (Lipinski definition) is 2. The zero-order chi connectivity index (χ0) is 20.1. The van der Waals surface area contributed by atoms with Crippen molar-refractivity contribution in [2.24, 2.45) is 0 Å². The highest BCUT2D eigenvalue weighted by Gasteiger charge is 2.14. The smallest absolute Gasteiger partial charge is 0.220 e. The van der Waals surface area contributed by atoms with Gasteiger partial charge in [-0.2, -0.15) is 0 Å². The zero-order valence-corrected chi connectivity index (χ0v) is 16.7. The van der Waals surface area contributed by atoms with E-state index in [9.17, 15) is 4.79 Å². The van der Waals surface area contributed by atoms with Gasteiger partial charge in [0.25, 0.3) is 0 Å². The third kappa shape index (κ3) is 4.49. The molecule has 0 saturated carbocycles. The molecule has 0 bridgehead atoms. The molecule has 0 aliphatic carbocycles. The molecule has 2 heterocycles. The number of nitrogens with zero attached hydrogens (tertiary/aromatic N) is 1. The van der Waals surface area contributed by atoms with Crippen LogP contribution in [0.25, 0.3) is 22.3 Å². The van der Waals surface area contributed by atoms with E-state index in [1.807, 2.05) is 54.6 Å². The first-order chi connectivity index (χ1) is 14.2. The summed E-state index contributed by atoms with van der Waals surface area (Å²) in [6.07, 6.45) is 3.82. The van der Waals surface area contributed by atoms with Crippen LogP contribution in [-0.2, 0) is 17.8 Å². The van der Waals surface area contributed by atoms with Crippen molar-refractivity contribution >= 4 is 28.4 Å². The van der Waals surface area contributed by atoms with Crippen LogP contribution in [0.5, 0.6) is 0 Å². The van der Waals surface area contributed by atoms with Gasteiger partial charge in [-0.3, -0.25) is 9.78 Å². The van der Waals surface area contributed by atoms with Gasteiger partial charge in [0.15, 0.2) is 0 Å². The Morgan fingerprint density at radius 2 is 1.79 bits per heavy atom. The Labute approximate surface area is 174 Å². The SMILES string of the molecule is O=C(CCCc1c(-c2ccccn2)[nH]c2ccccc12)NCc1ccccc1Cl. The van der Waals surface area contributed by atoms with Gasteiger partial charge < -0.3 is 10.3 Å². The van der Waals surface area contributed by atoms with Crippen molar-refractivity contribution in [2.45, 2.75) is 25.8 Å². The quantitative estimate of drug-likeness (QED) is 0.426. The van der Waals surface area contributed by atoms with Crippen LogP contribution < -0.4 is 5.32 Å². The maximum absolute atomic E-state index is 12.3. The summed E-state index contributed by atoms with van der Waals surface area (Å²) < 4.78 is 0. The molecule has 0 aliphatic rings. The molecule has 0 atom stereocenters. The van der Waals surface area contributed by atoms with Crippen molar-refractivity contribution in [3.05, 3.63) is 89.1 Å². The second-order valence-corrected chi connectivity index (χ2v) is 7.37. The number of carbonyl (C=O) groups excluding carboxylic acids is 1. The van der Waals surface area contributed by atoms with Crippen molar-refractivity contribution in [2.75, 3.05) is 0 Å². The third-order valence-electron chi connectivity index (χ3n) is 5.00. The lowest BCUT2D eigenvalue weighted by Gasteiger charge is -2.08. The summed E-state index contributed by atoms with van der Waals surface area (Å²) in [7, 11) is 0. The number of fused-ring (bicyclic) bond motifs is 1. The van der Waals surface area contributed by atoms with Crippen molar-refractivity contribution in [1.29, 1.82) is 0 Å². The number of halogens is 1. The van der Waals surface area contributed by atoms with E-state index >= 15 is 0 Å². The molecule has 0 unspecified atom stereocenters. The second-order valence-electron chi connectivity index (χ2n) is 6.96. The summed E-state index contributed by atoms with van der Waals surface area (Å²) in [5.41, 5.74) is 5.17. The topological polar surface area (TPSA) is 57.8 Å². The largest absolute Gasteiger partial charge is 0.353 e. The molecule has 4 aromatic rings. The lowest BCUT2D eigenvalue weighted by molar-refractivity contribution is -0.121. The number of amides is 1. The molecular weight excluding hydrogens is 382 g/mol. The lowest BCUT2D eigenvalue weighted by atomic mass is 10.0. The number of hydrogen-bond donors (Lipinski definition) is 2. The van der Waals surface area contributed by atoms with Crippen molar-refractivity contribution < 1.29 is 4.79 Å². The van der Waals surface area contributed by atoms with Gasteiger partial charge in [0.05, 0.1) is 11.4 Å². The van der Waals surface area contributed by atoms with E-state index in [-0.39, 0.29) is 5.91 Å². The summed E-state index contributed by atoms with van der Waals surface area (Å²) in [6, 6.07) is 21.7. The van der Waals surface area contributed by atoms with Gasteiger partial charge in [-0.25, -0.2) is 0 Å². The number of rotatable bonds is 7. The summed E-state index contributed by atoms with van der Waals surface area (Å²) >= 11 is 6.15. The van der Waals surface area contributed by atoms with Gasteiger partial charge >= 0.3 is 0 Å². The molecule has 2 aromatic heterocycles. The van der Waals surface area contributed by atoms with E-state index in [1.165, 1.54) is 10.9 Å². The van der Waals surface area contributed by atoms with E-state index in [1.54, 1.807) is 6.20 Å². The number of pyridine rings is 1. The first-order valence-corrected chi connectivity index (χ1v) is 10.1. The number of carbonyl (C=O) groups is 1. The van der Waals surface area contributed by atoms with Gasteiger partial charge in [-0.1, -0.05) is 54.1 Å². The molecule has 146 valence electrons. The maximum atomic E-state index is 12.3. The van der Waals surface area contributed by atoms with Crippen LogP contribution in [0.3, 0.4) is 0 Å². The molecule has 0 radical (unpaired) electrons. The molecule has 2 N–H and O–H groups in total. The van der Waals surface area contributed by atoms with E-state index in [0.717, 1.165) is 35.3 Å². The molecule has 29 heavy (non-hydrogen) atoms. The Bertz CT molecular complexity index is 1120. The molecule has 0 aliphatic heterocycles. The standard InChI is InChI=1S/C24H22ClN3O/c25-20-11-3-1-8-17(20)16-27-23(29)14-7-10-19-18-9-2-4-12-21(18)28-24(19)22-13-5-6-15-26-22/h1-6,8-9,11-13,15,28H,7,10,14,16H2,(H,27,29). The Kier molecular flexibility index (Phi) is 5.92. The molecule has 0 spiro atoms. The zero-order valence-electron chi connectivity index (χ0n) is 16.0. The Morgan fingerprint density at radius 1 is 1.00 bits per heavy atom. The van der Waals surface area contributed by atoms with Crippen LogP contribution in [-0.4, -0.2) is 15.9 Å². The van der Waals surface area contributed by atoms with E-state index in [2.05, 4.69) is 27.4 Å². The minimum Gasteiger partial charge on any atom is -0.353 e. The van der Waals surface area contributed by atoms with Gasteiger partial charge in [-0.15, -0.1) is 0 Å².